The molecule has 134 valence electrons. The molecule has 0 radical (unpaired) electrons. The topological polar surface area (TPSA) is 77.6 Å². The summed E-state index contributed by atoms with van der Waals surface area (Å²) in [6.07, 6.45) is 7.27. The molecule has 0 spiro atoms. The first-order valence-corrected chi connectivity index (χ1v) is 8.99. The summed E-state index contributed by atoms with van der Waals surface area (Å²) >= 11 is 0. The SMILES string of the molecule is CCc1cc(C(=O)NC2CCCc3c2cnn3-c2ccccn2)n(C)n1. The first-order chi connectivity index (χ1) is 12.7. The molecular weight excluding hydrogens is 328 g/mol. The molecule has 7 heteroatoms. The van der Waals surface area contributed by atoms with Gasteiger partial charge in [-0.1, -0.05) is 13.0 Å². The Hall–Kier alpha value is -2.96. The molecule has 1 N–H and O–H groups in total. The summed E-state index contributed by atoms with van der Waals surface area (Å²) in [6.45, 7) is 2.03. The Bertz CT molecular complexity index is 927. The molecule has 26 heavy (non-hydrogen) atoms. The number of carbonyl (C=O) groups excluding carboxylic acids is 1. The number of nitrogens with zero attached hydrogens (tertiary/aromatic N) is 5. The van der Waals surface area contributed by atoms with Gasteiger partial charge in [0.25, 0.3) is 5.91 Å². The highest BCUT2D eigenvalue weighted by Crippen LogP contribution is 2.31. The molecule has 1 aliphatic rings. The average Bonchev–Trinajstić information content (AvgIpc) is 3.26. The minimum Gasteiger partial charge on any atom is -0.344 e. The third kappa shape index (κ3) is 2.89. The fourth-order valence-electron chi connectivity index (χ4n) is 3.53. The summed E-state index contributed by atoms with van der Waals surface area (Å²) in [7, 11) is 1.81. The van der Waals surface area contributed by atoms with E-state index in [1.165, 1.54) is 0 Å². The molecule has 0 saturated heterocycles. The number of nitrogens with one attached hydrogen (secondary N) is 1. The smallest absolute Gasteiger partial charge is 0.270 e. The second kappa shape index (κ2) is 6.74. The summed E-state index contributed by atoms with van der Waals surface area (Å²) in [6, 6.07) is 7.60. The number of fused-ring (bicyclic) bond motifs is 1. The molecule has 0 saturated carbocycles. The second-order valence-corrected chi connectivity index (χ2v) is 6.56. The molecule has 1 aliphatic carbocycles. The van der Waals surface area contributed by atoms with Crippen molar-refractivity contribution in [1.82, 2.24) is 29.9 Å². The van der Waals surface area contributed by atoms with Gasteiger partial charge in [0.05, 0.1) is 23.6 Å². The zero-order valence-electron chi connectivity index (χ0n) is 15.0. The van der Waals surface area contributed by atoms with E-state index in [0.29, 0.717) is 5.69 Å². The van der Waals surface area contributed by atoms with Gasteiger partial charge in [0, 0.05) is 18.8 Å². The van der Waals surface area contributed by atoms with Gasteiger partial charge in [0.1, 0.15) is 5.69 Å². The Labute approximate surface area is 152 Å². The van der Waals surface area contributed by atoms with Crippen LogP contribution in [0.3, 0.4) is 0 Å². The maximum absolute atomic E-state index is 12.7. The van der Waals surface area contributed by atoms with Crippen LogP contribution in [0.4, 0.5) is 0 Å². The van der Waals surface area contributed by atoms with Gasteiger partial charge in [-0.15, -0.1) is 0 Å². The molecule has 0 bridgehead atoms. The Balaban J connectivity index is 1.60. The predicted molar refractivity (Wildman–Crippen MR) is 97.1 cm³/mol. The molecule has 0 fully saturated rings. The maximum atomic E-state index is 12.7. The lowest BCUT2D eigenvalue weighted by molar-refractivity contribution is 0.0923. The van der Waals surface area contributed by atoms with Gasteiger partial charge in [-0.05, 0) is 43.9 Å². The highest BCUT2D eigenvalue weighted by atomic mass is 16.2. The van der Waals surface area contributed by atoms with Crippen LogP contribution < -0.4 is 5.32 Å². The number of amides is 1. The van der Waals surface area contributed by atoms with Gasteiger partial charge in [-0.25, -0.2) is 9.67 Å². The van der Waals surface area contributed by atoms with Crippen molar-refractivity contribution in [3.63, 3.8) is 0 Å². The molecule has 3 aromatic heterocycles. The zero-order chi connectivity index (χ0) is 18.1. The molecule has 0 aromatic carbocycles. The van der Waals surface area contributed by atoms with Crippen LogP contribution in [-0.4, -0.2) is 30.5 Å². The predicted octanol–water partition coefficient (Wildman–Crippen LogP) is 2.37. The largest absolute Gasteiger partial charge is 0.344 e. The van der Waals surface area contributed by atoms with E-state index in [1.807, 2.05) is 42.1 Å². The summed E-state index contributed by atoms with van der Waals surface area (Å²) in [5.74, 6) is 0.711. The average molecular weight is 350 g/mol. The van der Waals surface area contributed by atoms with E-state index in [1.54, 1.807) is 17.9 Å². The van der Waals surface area contributed by atoms with Gasteiger partial charge >= 0.3 is 0 Å². The van der Waals surface area contributed by atoms with Crippen LogP contribution in [-0.2, 0) is 19.9 Å². The monoisotopic (exact) mass is 350 g/mol. The number of pyridine rings is 1. The Morgan fingerprint density at radius 3 is 3.00 bits per heavy atom. The van der Waals surface area contributed by atoms with E-state index in [-0.39, 0.29) is 11.9 Å². The summed E-state index contributed by atoms with van der Waals surface area (Å²) in [4.78, 5) is 17.1. The van der Waals surface area contributed by atoms with Crippen molar-refractivity contribution in [3.05, 3.63) is 59.3 Å². The van der Waals surface area contributed by atoms with E-state index in [9.17, 15) is 4.79 Å². The third-order valence-electron chi connectivity index (χ3n) is 4.88. The number of aryl methyl sites for hydroxylation is 2. The quantitative estimate of drug-likeness (QED) is 0.784. The van der Waals surface area contributed by atoms with Gasteiger partial charge in [-0.3, -0.25) is 9.48 Å². The van der Waals surface area contributed by atoms with Crippen LogP contribution in [0.15, 0.2) is 36.7 Å². The molecule has 7 nitrogen and oxygen atoms in total. The number of hydrogen-bond donors (Lipinski definition) is 1. The number of carbonyl (C=O) groups is 1. The highest BCUT2D eigenvalue weighted by molar-refractivity contribution is 5.93. The van der Waals surface area contributed by atoms with Gasteiger partial charge in [-0.2, -0.15) is 10.2 Å². The minimum atomic E-state index is -0.0943. The lowest BCUT2D eigenvalue weighted by Crippen LogP contribution is -2.32. The van der Waals surface area contributed by atoms with E-state index in [4.69, 9.17) is 0 Å². The van der Waals surface area contributed by atoms with Gasteiger partial charge in [0.2, 0.25) is 0 Å². The van der Waals surface area contributed by atoms with Crippen molar-refractivity contribution in [2.75, 3.05) is 0 Å². The Morgan fingerprint density at radius 1 is 1.38 bits per heavy atom. The second-order valence-electron chi connectivity index (χ2n) is 6.56. The fourth-order valence-corrected chi connectivity index (χ4v) is 3.53. The van der Waals surface area contributed by atoms with Crippen LogP contribution in [0.2, 0.25) is 0 Å². The molecule has 0 aliphatic heterocycles. The maximum Gasteiger partial charge on any atom is 0.270 e. The molecule has 4 rings (SSSR count). The van der Waals surface area contributed by atoms with E-state index < -0.39 is 0 Å². The minimum absolute atomic E-state index is 0.0383. The van der Waals surface area contributed by atoms with Crippen LogP contribution in [0.5, 0.6) is 0 Å². The van der Waals surface area contributed by atoms with Crippen molar-refractivity contribution in [3.8, 4) is 5.82 Å². The number of hydrogen-bond acceptors (Lipinski definition) is 4. The fraction of sp³-hybridized carbons (Fsp3) is 0.368. The van der Waals surface area contributed by atoms with E-state index >= 15 is 0 Å². The van der Waals surface area contributed by atoms with Crippen LogP contribution in [0.1, 0.15) is 53.2 Å². The van der Waals surface area contributed by atoms with Crippen molar-refractivity contribution in [2.24, 2.45) is 7.05 Å². The summed E-state index contributed by atoms with van der Waals surface area (Å²) < 4.78 is 3.53. The first kappa shape index (κ1) is 16.5. The third-order valence-corrected chi connectivity index (χ3v) is 4.88. The number of rotatable bonds is 4. The van der Waals surface area contributed by atoms with Gasteiger partial charge < -0.3 is 5.32 Å². The van der Waals surface area contributed by atoms with Crippen molar-refractivity contribution < 1.29 is 4.79 Å². The highest BCUT2D eigenvalue weighted by Gasteiger charge is 2.27. The molecule has 3 aromatic rings. The van der Waals surface area contributed by atoms with Crippen LogP contribution in [0.25, 0.3) is 5.82 Å². The molecule has 1 amide bonds. The normalized spacial score (nSPS) is 16.3. The lowest BCUT2D eigenvalue weighted by Gasteiger charge is -2.24. The Morgan fingerprint density at radius 2 is 2.27 bits per heavy atom. The van der Waals surface area contributed by atoms with E-state index in [2.05, 4.69) is 20.5 Å². The molecule has 1 atom stereocenters. The molecular formula is C19H22N6O. The number of aromatic nitrogens is 5. The molecule has 1 unspecified atom stereocenters. The molecule has 3 heterocycles. The summed E-state index contributed by atoms with van der Waals surface area (Å²) in [5.41, 5.74) is 3.71. The van der Waals surface area contributed by atoms with Gasteiger partial charge in [0.15, 0.2) is 5.82 Å². The lowest BCUT2D eigenvalue weighted by atomic mass is 9.93. The summed E-state index contributed by atoms with van der Waals surface area (Å²) in [5, 5.41) is 12.0. The van der Waals surface area contributed by atoms with Crippen molar-refractivity contribution >= 4 is 5.91 Å². The van der Waals surface area contributed by atoms with E-state index in [0.717, 1.165) is 48.5 Å². The zero-order valence-corrected chi connectivity index (χ0v) is 15.0. The van der Waals surface area contributed by atoms with Crippen LogP contribution in [0, 0.1) is 0 Å². The standard InChI is InChI=1S/C19H22N6O/c1-3-13-11-17(24(2)23-13)19(26)22-15-7-6-8-16-14(15)12-21-25(16)18-9-4-5-10-20-18/h4-5,9-12,15H,3,6-8H2,1-2H3,(H,22,26). The van der Waals surface area contributed by atoms with Crippen LogP contribution >= 0.6 is 0 Å². The van der Waals surface area contributed by atoms with Crippen molar-refractivity contribution in [2.45, 2.75) is 38.6 Å². The Kier molecular flexibility index (Phi) is 4.28. The van der Waals surface area contributed by atoms with Crippen molar-refractivity contribution in [1.29, 1.82) is 0 Å². The first-order valence-electron chi connectivity index (χ1n) is 8.99.